The van der Waals surface area contributed by atoms with Crippen molar-refractivity contribution in [1.82, 2.24) is 14.5 Å². The minimum absolute atomic E-state index is 0.0388. The number of ether oxygens (including phenoxy) is 1. The third-order valence-corrected chi connectivity index (χ3v) is 4.92. The van der Waals surface area contributed by atoms with Crippen LogP contribution in [0.5, 0.6) is 11.5 Å². The lowest BCUT2D eigenvalue weighted by Gasteiger charge is -2.33. The van der Waals surface area contributed by atoms with Crippen LogP contribution >= 0.6 is 0 Å². The second kappa shape index (κ2) is 8.08. The molecule has 27 heavy (non-hydrogen) atoms. The van der Waals surface area contributed by atoms with E-state index in [1.54, 1.807) is 6.20 Å². The molecule has 0 saturated carbocycles. The average Bonchev–Trinajstić information content (AvgIpc) is 3.22. The summed E-state index contributed by atoms with van der Waals surface area (Å²) in [7, 11) is 0. The van der Waals surface area contributed by atoms with Gasteiger partial charge >= 0.3 is 0 Å². The van der Waals surface area contributed by atoms with Crippen LogP contribution in [0.4, 0.5) is 0 Å². The molecule has 1 aliphatic heterocycles. The molecule has 0 spiro atoms. The third kappa shape index (κ3) is 4.19. The van der Waals surface area contributed by atoms with E-state index in [0.717, 1.165) is 38.2 Å². The zero-order chi connectivity index (χ0) is 18.5. The van der Waals surface area contributed by atoms with Crippen LogP contribution in [0.15, 0.2) is 73.3 Å². The SMILES string of the molecule is O=C(c1ccccc1Oc1ccccc1)N1CCCC(Cn2ccnc2)C1. The second-order valence-electron chi connectivity index (χ2n) is 6.93. The molecule has 4 rings (SSSR count). The number of piperidine rings is 1. The van der Waals surface area contributed by atoms with E-state index in [1.807, 2.05) is 72.0 Å². The molecule has 1 aromatic heterocycles. The second-order valence-corrected chi connectivity index (χ2v) is 6.93. The number of hydrogen-bond acceptors (Lipinski definition) is 3. The van der Waals surface area contributed by atoms with Crippen LogP contribution in [0.3, 0.4) is 0 Å². The van der Waals surface area contributed by atoms with Gasteiger partial charge in [-0.15, -0.1) is 0 Å². The maximum Gasteiger partial charge on any atom is 0.257 e. The predicted molar refractivity (Wildman–Crippen MR) is 104 cm³/mol. The van der Waals surface area contributed by atoms with Crippen molar-refractivity contribution in [2.24, 2.45) is 5.92 Å². The summed E-state index contributed by atoms with van der Waals surface area (Å²) in [6.07, 6.45) is 7.76. The van der Waals surface area contributed by atoms with Gasteiger partial charge < -0.3 is 14.2 Å². The topological polar surface area (TPSA) is 47.4 Å². The van der Waals surface area contributed by atoms with Crippen LogP contribution in [0, 0.1) is 5.92 Å². The highest BCUT2D eigenvalue weighted by atomic mass is 16.5. The Hall–Kier alpha value is -3.08. The van der Waals surface area contributed by atoms with Gasteiger partial charge in [-0.3, -0.25) is 4.79 Å². The summed E-state index contributed by atoms with van der Waals surface area (Å²) in [6, 6.07) is 17.1. The molecular weight excluding hydrogens is 338 g/mol. The fraction of sp³-hybridized carbons (Fsp3) is 0.273. The molecule has 1 aliphatic rings. The van der Waals surface area contributed by atoms with E-state index in [1.165, 1.54) is 0 Å². The molecule has 1 unspecified atom stereocenters. The summed E-state index contributed by atoms with van der Waals surface area (Å²) in [5.74, 6) is 1.82. The van der Waals surface area contributed by atoms with Crippen molar-refractivity contribution in [3.05, 3.63) is 78.9 Å². The Kier molecular flexibility index (Phi) is 5.19. The summed E-state index contributed by atoms with van der Waals surface area (Å²) >= 11 is 0. The Morgan fingerprint density at radius 3 is 2.74 bits per heavy atom. The normalized spacial score (nSPS) is 16.9. The first-order valence-electron chi connectivity index (χ1n) is 9.36. The number of hydrogen-bond donors (Lipinski definition) is 0. The standard InChI is InChI=1S/C22H23N3O2/c26-22(25-13-6-7-18(16-25)15-24-14-12-23-17-24)20-10-4-5-11-21(20)27-19-8-2-1-3-9-19/h1-5,8-12,14,17-18H,6-7,13,15-16H2. The van der Waals surface area contributed by atoms with Crippen molar-refractivity contribution in [2.75, 3.05) is 13.1 Å². The Morgan fingerprint density at radius 1 is 1.11 bits per heavy atom. The van der Waals surface area contributed by atoms with Crippen LogP contribution in [0.25, 0.3) is 0 Å². The molecular formula is C22H23N3O2. The van der Waals surface area contributed by atoms with Gasteiger partial charge in [-0.25, -0.2) is 4.98 Å². The first-order valence-corrected chi connectivity index (χ1v) is 9.36. The number of carbonyl (C=O) groups is 1. The highest BCUT2D eigenvalue weighted by molar-refractivity contribution is 5.97. The molecule has 5 nitrogen and oxygen atoms in total. The lowest BCUT2D eigenvalue weighted by molar-refractivity contribution is 0.0659. The van der Waals surface area contributed by atoms with Crippen molar-refractivity contribution in [1.29, 1.82) is 0 Å². The fourth-order valence-electron chi connectivity index (χ4n) is 3.61. The van der Waals surface area contributed by atoms with Gasteiger partial charge in [-0.2, -0.15) is 0 Å². The molecule has 2 aromatic carbocycles. The molecule has 0 N–H and O–H groups in total. The first kappa shape index (κ1) is 17.3. The Balaban J connectivity index is 1.49. The summed E-state index contributed by atoms with van der Waals surface area (Å²) in [4.78, 5) is 19.2. The highest BCUT2D eigenvalue weighted by Crippen LogP contribution is 2.28. The summed E-state index contributed by atoms with van der Waals surface area (Å²) in [6.45, 7) is 2.45. The minimum atomic E-state index is 0.0388. The average molecular weight is 361 g/mol. The molecule has 1 amide bonds. The summed E-state index contributed by atoms with van der Waals surface area (Å²) in [5, 5.41) is 0. The molecule has 138 valence electrons. The van der Waals surface area contributed by atoms with Gasteiger partial charge in [0.15, 0.2) is 0 Å². The molecule has 0 aliphatic carbocycles. The van der Waals surface area contributed by atoms with Gasteiger partial charge in [0.25, 0.3) is 5.91 Å². The number of nitrogens with zero attached hydrogens (tertiary/aromatic N) is 3. The van der Waals surface area contributed by atoms with Gasteiger partial charge in [-0.05, 0) is 43.0 Å². The number of amides is 1. The van der Waals surface area contributed by atoms with Crippen molar-refractivity contribution < 1.29 is 9.53 Å². The zero-order valence-electron chi connectivity index (χ0n) is 15.2. The van der Waals surface area contributed by atoms with Crippen LogP contribution in [0.2, 0.25) is 0 Å². The number of para-hydroxylation sites is 2. The largest absolute Gasteiger partial charge is 0.457 e. The maximum absolute atomic E-state index is 13.2. The third-order valence-electron chi connectivity index (χ3n) is 4.92. The van der Waals surface area contributed by atoms with E-state index in [2.05, 4.69) is 9.55 Å². The Morgan fingerprint density at radius 2 is 1.93 bits per heavy atom. The number of aromatic nitrogens is 2. The van der Waals surface area contributed by atoms with Crippen molar-refractivity contribution in [3.8, 4) is 11.5 Å². The van der Waals surface area contributed by atoms with Crippen molar-refractivity contribution in [3.63, 3.8) is 0 Å². The van der Waals surface area contributed by atoms with Crippen LogP contribution in [-0.2, 0) is 6.54 Å². The van der Waals surface area contributed by atoms with Crippen LogP contribution in [-0.4, -0.2) is 33.4 Å². The fourth-order valence-corrected chi connectivity index (χ4v) is 3.61. The lowest BCUT2D eigenvalue weighted by atomic mass is 9.97. The maximum atomic E-state index is 13.2. The summed E-state index contributed by atoms with van der Waals surface area (Å²) in [5.41, 5.74) is 0.615. The molecule has 5 heteroatoms. The lowest BCUT2D eigenvalue weighted by Crippen LogP contribution is -2.41. The van der Waals surface area contributed by atoms with E-state index in [9.17, 15) is 4.79 Å². The van der Waals surface area contributed by atoms with E-state index in [0.29, 0.717) is 17.2 Å². The van der Waals surface area contributed by atoms with Gasteiger partial charge in [0, 0.05) is 32.0 Å². The molecule has 1 fully saturated rings. The number of imidazole rings is 1. The zero-order valence-corrected chi connectivity index (χ0v) is 15.2. The Bertz CT molecular complexity index is 878. The first-order chi connectivity index (χ1) is 13.3. The van der Waals surface area contributed by atoms with E-state index >= 15 is 0 Å². The Labute approximate surface area is 159 Å². The van der Waals surface area contributed by atoms with Gasteiger partial charge in [-0.1, -0.05) is 30.3 Å². The molecule has 0 bridgehead atoms. The predicted octanol–water partition coefficient (Wildman–Crippen LogP) is 4.23. The van der Waals surface area contributed by atoms with E-state index in [-0.39, 0.29) is 5.91 Å². The quantitative estimate of drug-likeness (QED) is 0.683. The van der Waals surface area contributed by atoms with E-state index in [4.69, 9.17) is 4.74 Å². The van der Waals surface area contributed by atoms with E-state index < -0.39 is 0 Å². The molecule has 1 atom stereocenters. The molecule has 0 radical (unpaired) electrons. The molecule has 1 saturated heterocycles. The number of likely N-dealkylation sites (tertiary alicyclic amines) is 1. The molecule has 2 heterocycles. The molecule has 3 aromatic rings. The number of rotatable bonds is 5. The van der Waals surface area contributed by atoms with Gasteiger partial charge in [0.1, 0.15) is 11.5 Å². The summed E-state index contributed by atoms with van der Waals surface area (Å²) < 4.78 is 8.06. The minimum Gasteiger partial charge on any atom is -0.457 e. The smallest absolute Gasteiger partial charge is 0.257 e. The van der Waals surface area contributed by atoms with Crippen molar-refractivity contribution >= 4 is 5.91 Å². The van der Waals surface area contributed by atoms with Gasteiger partial charge in [0.2, 0.25) is 0 Å². The highest BCUT2D eigenvalue weighted by Gasteiger charge is 2.26. The van der Waals surface area contributed by atoms with Crippen LogP contribution in [0.1, 0.15) is 23.2 Å². The van der Waals surface area contributed by atoms with Crippen LogP contribution < -0.4 is 4.74 Å². The monoisotopic (exact) mass is 361 g/mol. The van der Waals surface area contributed by atoms with Gasteiger partial charge in [0.05, 0.1) is 11.9 Å². The van der Waals surface area contributed by atoms with Crippen molar-refractivity contribution in [2.45, 2.75) is 19.4 Å². The number of carbonyl (C=O) groups excluding carboxylic acids is 1. The number of benzene rings is 2.